The smallest absolute Gasteiger partial charge is 0.327 e. The van der Waals surface area contributed by atoms with Crippen molar-refractivity contribution in [2.45, 2.75) is 12.5 Å². The third-order valence-corrected chi connectivity index (χ3v) is 5.45. The number of carbonyl (C=O) groups excluding carboxylic acids is 2. The Bertz CT molecular complexity index is 910. The van der Waals surface area contributed by atoms with Gasteiger partial charge in [-0.05, 0) is 6.07 Å². The van der Waals surface area contributed by atoms with Crippen LogP contribution in [0, 0.1) is 0 Å². The van der Waals surface area contributed by atoms with Crippen molar-refractivity contribution in [2.24, 2.45) is 0 Å². The number of hydrogen-bond donors (Lipinski definition) is 2. The summed E-state index contributed by atoms with van der Waals surface area (Å²) in [5.74, 6) is -4.04. The number of likely N-dealkylation sites (N-methyl/N-ethyl adjacent to an activating group) is 1. The first kappa shape index (κ1) is 18.1. The molecule has 0 radical (unpaired) electrons. The maximum Gasteiger partial charge on any atom is 0.327 e. The van der Waals surface area contributed by atoms with Crippen molar-refractivity contribution in [2.75, 3.05) is 11.9 Å². The number of benzene rings is 1. The Kier molecular flexibility index (Phi) is 4.55. The van der Waals surface area contributed by atoms with Crippen LogP contribution in [0.15, 0.2) is 29.2 Å². The van der Waals surface area contributed by atoms with Crippen molar-refractivity contribution < 1.29 is 29.4 Å². The van der Waals surface area contributed by atoms with E-state index in [-0.39, 0.29) is 14.8 Å². The van der Waals surface area contributed by atoms with E-state index in [1.807, 2.05) is 0 Å². The van der Waals surface area contributed by atoms with E-state index in [0.29, 0.717) is 11.3 Å². The van der Waals surface area contributed by atoms with Crippen molar-refractivity contribution in [1.82, 2.24) is 4.90 Å². The number of thioether (sulfide) groups is 1. The molecular formula is C16H12N2O6S2. The molecule has 3 rings (SSSR count). The third-order valence-electron chi connectivity index (χ3n) is 4.04. The van der Waals surface area contributed by atoms with Gasteiger partial charge >= 0.3 is 11.9 Å². The van der Waals surface area contributed by atoms with Crippen molar-refractivity contribution in [1.29, 1.82) is 0 Å². The lowest BCUT2D eigenvalue weighted by molar-refractivity contribution is -0.150. The largest absolute Gasteiger partial charge is 0.481 e. The molecule has 2 aliphatic rings. The normalized spacial score (nSPS) is 20.6. The van der Waals surface area contributed by atoms with Crippen LogP contribution < -0.4 is 4.90 Å². The molecule has 1 aromatic rings. The molecule has 1 atom stereocenters. The molecule has 1 fully saturated rings. The van der Waals surface area contributed by atoms with Crippen LogP contribution in [0.4, 0.5) is 5.69 Å². The number of carbonyl (C=O) groups is 4. The van der Waals surface area contributed by atoms with Gasteiger partial charge in [0.05, 0.1) is 22.6 Å². The number of amides is 2. The molecule has 2 aliphatic heterocycles. The summed E-state index contributed by atoms with van der Waals surface area (Å²) in [6, 6.07) is 5.25. The van der Waals surface area contributed by atoms with Gasteiger partial charge in [0.1, 0.15) is 10.4 Å². The number of fused-ring (bicyclic) bond motifs is 1. The number of para-hydroxylation sites is 1. The van der Waals surface area contributed by atoms with Gasteiger partial charge in [0.2, 0.25) is 0 Å². The van der Waals surface area contributed by atoms with E-state index in [1.165, 1.54) is 4.90 Å². The van der Waals surface area contributed by atoms with Gasteiger partial charge in [-0.3, -0.25) is 19.3 Å². The molecule has 0 saturated carbocycles. The third kappa shape index (κ3) is 2.76. The molecule has 0 bridgehead atoms. The minimum atomic E-state index is -1.64. The van der Waals surface area contributed by atoms with E-state index < -0.39 is 36.2 Å². The van der Waals surface area contributed by atoms with Crippen molar-refractivity contribution in [3.05, 3.63) is 34.7 Å². The fourth-order valence-electron chi connectivity index (χ4n) is 2.84. The number of nitrogens with zero attached hydrogens (tertiary/aromatic N) is 2. The minimum Gasteiger partial charge on any atom is -0.481 e. The molecule has 0 spiro atoms. The van der Waals surface area contributed by atoms with Gasteiger partial charge in [0.25, 0.3) is 11.8 Å². The molecule has 0 unspecified atom stereocenters. The highest BCUT2D eigenvalue weighted by atomic mass is 32.2. The Morgan fingerprint density at radius 3 is 2.46 bits per heavy atom. The SMILES string of the molecule is CN1C(=O)/C(=C2/SC(=S)N([C@H](CC(=O)O)C(=O)O)C2=O)c2ccccc21. The minimum absolute atomic E-state index is 0.00781. The first-order chi connectivity index (χ1) is 12.2. The van der Waals surface area contributed by atoms with E-state index in [1.54, 1.807) is 31.3 Å². The van der Waals surface area contributed by atoms with Gasteiger partial charge in [-0.2, -0.15) is 0 Å². The fraction of sp³-hybridized carbons (Fsp3) is 0.188. The van der Waals surface area contributed by atoms with Crippen LogP contribution >= 0.6 is 24.0 Å². The van der Waals surface area contributed by atoms with E-state index in [4.69, 9.17) is 17.3 Å². The molecule has 2 heterocycles. The summed E-state index contributed by atoms with van der Waals surface area (Å²) < 4.78 is -0.0917. The molecule has 2 N–H and O–H groups in total. The second-order valence-corrected chi connectivity index (χ2v) is 7.22. The van der Waals surface area contributed by atoms with Crippen LogP contribution in [0.2, 0.25) is 0 Å². The molecule has 1 saturated heterocycles. The molecule has 0 aromatic heterocycles. The zero-order valence-electron chi connectivity index (χ0n) is 13.3. The molecule has 134 valence electrons. The Morgan fingerprint density at radius 2 is 1.85 bits per heavy atom. The number of hydrogen-bond acceptors (Lipinski definition) is 6. The molecule has 8 nitrogen and oxygen atoms in total. The van der Waals surface area contributed by atoms with Gasteiger partial charge in [0, 0.05) is 12.6 Å². The highest BCUT2D eigenvalue weighted by Crippen LogP contribution is 2.44. The Hall–Kier alpha value is -2.72. The monoisotopic (exact) mass is 392 g/mol. The van der Waals surface area contributed by atoms with Crippen LogP contribution in [0.1, 0.15) is 12.0 Å². The van der Waals surface area contributed by atoms with Gasteiger partial charge in [-0.15, -0.1) is 0 Å². The summed E-state index contributed by atoms with van der Waals surface area (Å²) in [5, 5.41) is 18.2. The molecule has 26 heavy (non-hydrogen) atoms. The number of carboxylic acids is 2. The van der Waals surface area contributed by atoms with Crippen molar-refractivity contribution in [3.63, 3.8) is 0 Å². The van der Waals surface area contributed by atoms with Crippen LogP contribution in [-0.4, -0.2) is 56.3 Å². The standard InChI is InChI=1S/C16H12N2O6S2/c1-17-8-5-3-2-4-7(8)11(13(17)21)12-14(22)18(16(25)26-12)9(15(23)24)6-10(19)20/h2-5,9H,6H2,1H3,(H,19,20)(H,23,24)/b12-11+/t9-/m1/s1. The van der Waals surface area contributed by atoms with Crippen LogP contribution in [0.3, 0.4) is 0 Å². The number of anilines is 1. The maximum atomic E-state index is 12.8. The van der Waals surface area contributed by atoms with E-state index in [0.717, 1.165) is 16.7 Å². The highest BCUT2D eigenvalue weighted by Gasteiger charge is 2.45. The molecule has 0 aliphatic carbocycles. The summed E-state index contributed by atoms with van der Waals surface area (Å²) in [5.41, 5.74) is 1.31. The first-order valence-corrected chi connectivity index (χ1v) is 8.58. The quantitative estimate of drug-likeness (QED) is 0.579. The Balaban J connectivity index is 2.09. The second-order valence-electron chi connectivity index (χ2n) is 5.58. The maximum absolute atomic E-state index is 12.8. The zero-order valence-corrected chi connectivity index (χ0v) is 15.0. The second kappa shape index (κ2) is 6.54. The van der Waals surface area contributed by atoms with Gasteiger partial charge in [-0.1, -0.05) is 42.2 Å². The molecule has 10 heteroatoms. The first-order valence-electron chi connectivity index (χ1n) is 7.35. The summed E-state index contributed by atoms with van der Waals surface area (Å²) in [6.07, 6.45) is -0.797. The Morgan fingerprint density at radius 1 is 1.19 bits per heavy atom. The van der Waals surface area contributed by atoms with Crippen molar-refractivity contribution in [3.8, 4) is 0 Å². The lowest BCUT2D eigenvalue weighted by atomic mass is 10.1. The molecule has 2 amide bonds. The zero-order chi connectivity index (χ0) is 19.2. The lowest BCUT2D eigenvalue weighted by Gasteiger charge is -2.21. The average molecular weight is 392 g/mol. The number of carboxylic acid groups (broad SMARTS) is 2. The van der Waals surface area contributed by atoms with E-state index >= 15 is 0 Å². The predicted octanol–water partition coefficient (Wildman–Crippen LogP) is 1.16. The fourth-order valence-corrected chi connectivity index (χ4v) is 4.27. The summed E-state index contributed by atoms with van der Waals surface area (Å²) >= 11 is 5.90. The van der Waals surface area contributed by atoms with Crippen LogP contribution in [-0.2, 0) is 19.2 Å². The Labute approximate surface area is 157 Å². The van der Waals surface area contributed by atoms with E-state index in [9.17, 15) is 24.3 Å². The number of thiocarbonyl (C=S) groups is 1. The summed E-state index contributed by atoms with van der Waals surface area (Å²) in [4.78, 5) is 50.0. The molecular weight excluding hydrogens is 380 g/mol. The van der Waals surface area contributed by atoms with Gasteiger partial charge in [0.15, 0.2) is 0 Å². The van der Waals surface area contributed by atoms with E-state index in [2.05, 4.69) is 0 Å². The highest BCUT2D eigenvalue weighted by molar-refractivity contribution is 8.26. The van der Waals surface area contributed by atoms with Gasteiger partial charge < -0.3 is 15.1 Å². The summed E-state index contributed by atoms with van der Waals surface area (Å²) in [7, 11) is 1.57. The van der Waals surface area contributed by atoms with Gasteiger partial charge in [-0.25, -0.2) is 4.79 Å². The average Bonchev–Trinajstić information content (AvgIpc) is 2.99. The predicted molar refractivity (Wildman–Crippen MR) is 97.5 cm³/mol. The molecule has 1 aromatic carbocycles. The van der Waals surface area contributed by atoms with Crippen LogP contribution in [0.25, 0.3) is 5.57 Å². The summed E-state index contributed by atoms with van der Waals surface area (Å²) in [6.45, 7) is 0. The van der Waals surface area contributed by atoms with Crippen LogP contribution in [0.5, 0.6) is 0 Å². The number of rotatable bonds is 4. The number of aliphatic carboxylic acids is 2. The van der Waals surface area contributed by atoms with Crippen molar-refractivity contribution >= 4 is 63.3 Å². The lowest BCUT2D eigenvalue weighted by Crippen LogP contribution is -2.45. The topological polar surface area (TPSA) is 115 Å².